The monoisotopic (exact) mass is 746 g/mol. The highest BCUT2D eigenvalue weighted by atomic mass is 19.4. The number of nitrogens with one attached hydrogen (secondary N) is 2. The number of rotatable bonds is 9. The van der Waals surface area contributed by atoms with Crippen LogP contribution in [-0.2, 0) is 17.0 Å². The van der Waals surface area contributed by atoms with E-state index in [9.17, 15) is 32.7 Å². The molecule has 14 heteroatoms. The third-order valence-corrected chi connectivity index (χ3v) is 9.51. The maximum absolute atomic E-state index is 15.4. The van der Waals surface area contributed by atoms with Gasteiger partial charge in [-0.25, -0.2) is 18.9 Å². The average molecular weight is 747 g/mol. The lowest BCUT2D eigenvalue weighted by molar-refractivity contribution is -0.141. The minimum atomic E-state index is -4.95. The van der Waals surface area contributed by atoms with Crippen LogP contribution in [0.4, 0.5) is 33.9 Å². The zero-order valence-corrected chi connectivity index (χ0v) is 30.8. The van der Waals surface area contributed by atoms with Crippen molar-refractivity contribution in [2.24, 2.45) is 5.92 Å². The van der Waals surface area contributed by atoms with Crippen molar-refractivity contribution in [2.45, 2.75) is 90.3 Å². The molecule has 3 N–H and O–H groups in total. The van der Waals surface area contributed by atoms with E-state index in [-0.39, 0.29) is 28.1 Å². The van der Waals surface area contributed by atoms with Crippen molar-refractivity contribution in [1.29, 1.82) is 0 Å². The highest BCUT2D eigenvalue weighted by molar-refractivity contribution is 6.04. The van der Waals surface area contributed by atoms with E-state index < -0.39 is 52.3 Å². The Morgan fingerprint density at radius 2 is 1.65 bits per heavy atom. The Labute approximate surface area is 309 Å². The summed E-state index contributed by atoms with van der Waals surface area (Å²) in [6, 6.07) is 13.5. The van der Waals surface area contributed by atoms with Crippen molar-refractivity contribution >= 4 is 34.3 Å². The van der Waals surface area contributed by atoms with Crippen LogP contribution in [0.15, 0.2) is 71.7 Å². The molecule has 54 heavy (non-hydrogen) atoms. The van der Waals surface area contributed by atoms with Gasteiger partial charge in [0.2, 0.25) is 0 Å². The standard InChI is InChI=1S/C40H42F4N6O4/c1-38(2,3)33-25-15-14-24(20-26(25)35(47-37(53)54)46-34(33)39(4,5)6)50-30(21-31(48-50)40(42,43)44)36(52)45-28-19-23(13-16-27(28)41)29(17-12-22-10-11-22)49-18-8-7-9-32(49)51/h7-9,13-16,18-22,29H,10-12,17H2,1-6H3,(H,45,52)(H,46,47)(H,53,54). The fourth-order valence-corrected chi connectivity index (χ4v) is 6.81. The molecule has 0 radical (unpaired) electrons. The first-order valence-corrected chi connectivity index (χ1v) is 17.7. The van der Waals surface area contributed by atoms with Gasteiger partial charge in [0.15, 0.2) is 5.69 Å². The van der Waals surface area contributed by atoms with Gasteiger partial charge in [0.1, 0.15) is 17.3 Å². The third kappa shape index (κ3) is 8.02. The number of hydrogen-bond acceptors (Lipinski definition) is 5. The lowest BCUT2D eigenvalue weighted by atomic mass is 9.76. The molecular weight excluding hydrogens is 704 g/mol. The van der Waals surface area contributed by atoms with Gasteiger partial charge in [-0.15, -0.1) is 0 Å². The average Bonchev–Trinajstić information content (AvgIpc) is 3.78. The summed E-state index contributed by atoms with van der Waals surface area (Å²) in [6.07, 6.45) is -1.09. The number of amides is 2. The second kappa shape index (κ2) is 14.0. The Balaban J connectivity index is 1.45. The van der Waals surface area contributed by atoms with E-state index in [4.69, 9.17) is 4.98 Å². The van der Waals surface area contributed by atoms with E-state index in [0.717, 1.165) is 35.6 Å². The normalized spacial score (nSPS) is 14.3. The van der Waals surface area contributed by atoms with Crippen LogP contribution in [0.2, 0.25) is 0 Å². The lowest BCUT2D eigenvalue weighted by Crippen LogP contribution is -2.25. The molecule has 5 aromatic rings. The summed E-state index contributed by atoms with van der Waals surface area (Å²) in [7, 11) is 0. The summed E-state index contributed by atoms with van der Waals surface area (Å²) >= 11 is 0. The van der Waals surface area contributed by atoms with Gasteiger partial charge < -0.3 is 15.0 Å². The molecule has 0 aliphatic heterocycles. The van der Waals surface area contributed by atoms with Crippen LogP contribution in [0.5, 0.6) is 0 Å². The van der Waals surface area contributed by atoms with Gasteiger partial charge in [0, 0.05) is 29.1 Å². The van der Waals surface area contributed by atoms with Gasteiger partial charge in [-0.1, -0.05) is 72.6 Å². The predicted molar refractivity (Wildman–Crippen MR) is 198 cm³/mol. The summed E-state index contributed by atoms with van der Waals surface area (Å²) in [5, 5.41) is 19.1. The number of aromatic nitrogens is 4. The molecule has 6 rings (SSSR count). The van der Waals surface area contributed by atoms with Gasteiger partial charge >= 0.3 is 12.3 Å². The van der Waals surface area contributed by atoms with Crippen molar-refractivity contribution in [3.05, 3.63) is 111 Å². The number of anilines is 2. The Hall–Kier alpha value is -5.53. The maximum atomic E-state index is 15.4. The number of alkyl halides is 3. The van der Waals surface area contributed by atoms with Gasteiger partial charge in [0.25, 0.3) is 11.5 Å². The van der Waals surface area contributed by atoms with E-state index in [1.165, 1.54) is 30.3 Å². The first-order chi connectivity index (χ1) is 25.2. The van der Waals surface area contributed by atoms with Gasteiger partial charge in [0.05, 0.1) is 23.1 Å². The molecule has 0 saturated heterocycles. The quantitative estimate of drug-likeness (QED) is 0.129. The second-order valence-electron chi connectivity index (χ2n) is 15.8. The molecule has 3 aromatic heterocycles. The minimum absolute atomic E-state index is 0.000396. The highest BCUT2D eigenvalue weighted by Crippen LogP contribution is 2.41. The van der Waals surface area contributed by atoms with Crippen LogP contribution in [-0.4, -0.2) is 36.4 Å². The van der Waals surface area contributed by atoms with E-state index in [1.807, 2.05) is 41.5 Å². The molecule has 2 amide bonds. The Morgan fingerprint density at radius 3 is 2.26 bits per heavy atom. The molecule has 1 aliphatic carbocycles. The molecule has 1 atom stereocenters. The molecule has 10 nitrogen and oxygen atoms in total. The minimum Gasteiger partial charge on any atom is -0.465 e. The number of benzene rings is 2. The molecular formula is C40H42F4N6O4. The van der Waals surface area contributed by atoms with Crippen molar-refractivity contribution < 1.29 is 32.3 Å². The predicted octanol–water partition coefficient (Wildman–Crippen LogP) is 9.46. The molecule has 1 aliphatic rings. The molecule has 0 bridgehead atoms. The summed E-state index contributed by atoms with van der Waals surface area (Å²) in [5.74, 6) is -1.42. The van der Waals surface area contributed by atoms with Crippen LogP contribution in [0.25, 0.3) is 16.5 Å². The first kappa shape index (κ1) is 38.2. The summed E-state index contributed by atoms with van der Waals surface area (Å²) in [6.45, 7) is 11.8. The largest absolute Gasteiger partial charge is 0.465 e. The number of hydrogen-bond donors (Lipinski definition) is 3. The Kier molecular flexibility index (Phi) is 9.93. The zero-order chi connectivity index (χ0) is 39.3. The number of pyridine rings is 2. The Morgan fingerprint density at radius 1 is 0.926 bits per heavy atom. The fourth-order valence-electron chi connectivity index (χ4n) is 6.81. The number of carbonyl (C=O) groups excluding carboxylic acids is 1. The van der Waals surface area contributed by atoms with Crippen molar-refractivity contribution in [3.8, 4) is 5.69 Å². The first-order valence-electron chi connectivity index (χ1n) is 17.7. The topological polar surface area (TPSA) is 131 Å². The summed E-state index contributed by atoms with van der Waals surface area (Å²) < 4.78 is 60.1. The molecule has 284 valence electrons. The van der Waals surface area contributed by atoms with Crippen LogP contribution < -0.4 is 16.2 Å². The van der Waals surface area contributed by atoms with Crippen LogP contribution in [0, 0.1) is 11.7 Å². The van der Waals surface area contributed by atoms with Crippen LogP contribution in [0.1, 0.15) is 106 Å². The maximum Gasteiger partial charge on any atom is 0.435 e. The molecule has 2 aromatic carbocycles. The lowest BCUT2D eigenvalue weighted by Gasteiger charge is -2.31. The van der Waals surface area contributed by atoms with Gasteiger partial charge in [-0.2, -0.15) is 18.3 Å². The second-order valence-corrected chi connectivity index (χ2v) is 15.8. The fraction of sp³-hybridized carbons (Fsp3) is 0.375. The molecule has 1 unspecified atom stereocenters. The third-order valence-electron chi connectivity index (χ3n) is 9.51. The number of halogens is 4. The van der Waals surface area contributed by atoms with Crippen molar-refractivity contribution in [1.82, 2.24) is 19.3 Å². The number of carboxylic acid groups (broad SMARTS) is 1. The van der Waals surface area contributed by atoms with E-state index in [2.05, 4.69) is 15.7 Å². The zero-order valence-electron chi connectivity index (χ0n) is 30.8. The van der Waals surface area contributed by atoms with Gasteiger partial charge in [-0.3, -0.25) is 14.9 Å². The SMILES string of the molecule is CC(C)(C)c1nc(NC(=O)O)c2cc(-n3nc(C(F)(F)F)cc3C(=O)Nc3cc(C(CCC4CC4)n4ccccc4=O)ccc3F)ccc2c1C(C)(C)C. The molecule has 1 saturated carbocycles. The number of fused-ring (bicyclic) bond motifs is 1. The smallest absolute Gasteiger partial charge is 0.435 e. The highest BCUT2D eigenvalue weighted by Gasteiger charge is 2.37. The van der Waals surface area contributed by atoms with E-state index >= 15 is 4.39 Å². The number of nitrogens with zero attached hydrogens (tertiary/aromatic N) is 4. The molecule has 1 fully saturated rings. The number of carbonyl (C=O) groups is 2. The Bertz CT molecular complexity index is 2310. The summed E-state index contributed by atoms with van der Waals surface area (Å²) in [4.78, 5) is 43.3. The van der Waals surface area contributed by atoms with Gasteiger partial charge in [-0.05, 0) is 71.0 Å². The van der Waals surface area contributed by atoms with E-state index in [0.29, 0.717) is 35.0 Å². The van der Waals surface area contributed by atoms with Crippen molar-refractivity contribution in [2.75, 3.05) is 10.6 Å². The van der Waals surface area contributed by atoms with E-state index in [1.54, 1.807) is 29.0 Å². The van der Waals surface area contributed by atoms with Crippen molar-refractivity contribution in [3.63, 3.8) is 0 Å². The van der Waals surface area contributed by atoms with Crippen LogP contribution >= 0.6 is 0 Å². The molecule has 3 heterocycles. The molecule has 0 spiro atoms. The summed E-state index contributed by atoms with van der Waals surface area (Å²) in [5.41, 5.74) is -1.49. The van der Waals surface area contributed by atoms with Crippen LogP contribution in [0.3, 0.4) is 0 Å².